The quantitative estimate of drug-likeness (QED) is 0.864. The highest BCUT2D eigenvalue weighted by atomic mass is 16.7. The van der Waals surface area contributed by atoms with Gasteiger partial charge in [-0.15, -0.1) is 0 Å². The van der Waals surface area contributed by atoms with Crippen LogP contribution in [0.15, 0.2) is 48.5 Å². The molecular formula is C18H12N2O5. The molecule has 2 aliphatic heterocycles. The van der Waals surface area contributed by atoms with Crippen molar-refractivity contribution in [3.05, 3.63) is 65.2 Å². The highest BCUT2D eigenvalue weighted by Gasteiger charge is 2.40. The van der Waals surface area contributed by atoms with Crippen LogP contribution in [0.4, 0.5) is 5.69 Å². The van der Waals surface area contributed by atoms with Crippen LogP contribution in [0.3, 0.4) is 0 Å². The average molecular weight is 336 g/mol. The number of carbonyl (C=O) groups is 4. The Morgan fingerprint density at radius 1 is 0.960 bits per heavy atom. The summed E-state index contributed by atoms with van der Waals surface area (Å²) in [5.74, 6) is -3.24. The fraction of sp³-hybridized carbons (Fsp3) is 0.111. The van der Waals surface area contributed by atoms with Crippen LogP contribution in [0.2, 0.25) is 0 Å². The number of carbonyl (C=O) groups excluding carboxylic acids is 4. The summed E-state index contributed by atoms with van der Waals surface area (Å²) < 4.78 is 0. The first-order valence-corrected chi connectivity index (χ1v) is 7.64. The van der Waals surface area contributed by atoms with Crippen molar-refractivity contribution in [2.45, 2.75) is 12.3 Å². The van der Waals surface area contributed by atoms with E-state index in [-0.39, 0.29) is 23.5 Å². The number of amides is 3. The van der Waals surface area contributed by atoms with Gasteiger partial charge in [0.2, 0.25) is 5.91 Å². The van der Waals surface area contributed by atoms with Gasteiger partial charge < -0.3 is 10.2 Å². The number of nitrogens with zero attached hydrogens (tertiary/aromatic N) is 1. The number of fused-ring (bicyclic) bond motifs is 2. The maximum Gasteiger partial charge on any atom is 0.334 e. The minimum Gasteiger partial charge on any atom is -0.330 e. The number of anilines is 1. The summed E-state index contributed by atoms with van der Waals surface area (Å²) in [4.78, 5) is 53.6. The minimum atomic E-state index is -0.827. The third kappa shape index (κ3) is 2.37. The van der Waals surface area contributed by atoms with Gasteiger partial charge in [-0.05, 0) is 23.8 Å². The fourth-order valence-corrected chi connectivity index (χ4v) is 3.03. The number of hydroxylamine groups is 2. The van der Waals surface area contributed by atoms with E-state index >= 15 is 0 Å². The van der Waals surface area contributed by atoms with Crippen molar-refractivity contribution in [1.82, 2.24) is 5.06 Å². The number of nitrogens with one attached hydrogen (secondary N) is 1. The molecule has 0 fully saturated rings. The van der Waals surface area contributed by atoms with E-state index < -0.39 is 23.7 Å². The summed E-state index contributed by atoms with van der Waals surface area (Å²) in [5, 5.41) is 3.13. The molecule has 0 radical (unpaired) electrons. The average Bonchev–Trinajstić information content (AvgIpc) is 3.05. The van der Waals surface area contributed by atoms with Crippen LogP contribution in [-0.4, -0.2) is 28.8 Å². The molecule has 0 aromatic heterocycles. The van der Waals surface area contributed by atoms with Gasteiger partial charge in [0.05, 0.1) is 23.5 Å². The molecular weight excluding hydrogens is 324 g/mol. The smallest absolute Gasteiger partial charge is 0.330 e. The van der Waals surface area contributed by atoms with Gasteiger partial charge in [-0.1, -0.05) is 35.4 Å². The molecule has 0 saturated heterocycles. The van der Waals surface area contributed by atoms with Crippen LogP contribution in [0.1, 0.15) is 38.6 Å². The maximum absolute atomic E-state index is 12.2. The van der Waals surface area contributed by atoms with Crippen LogP contribution in [0, 0.1) is 0 Å². The van der Waals surface area contributed by atoms with Crippen LogP contribution in [-0.2, 0) is 14.4 Å². The molecule has 0 aliphatic carbocycles. The van der Waals surface area contributed by atoms with Gasteiger partial charge in [0.25, 0.3) is 11.8 Å². The first kappa shape index (κ1) is 15.1. The van der Waals surface area contributed by atoms with Crippen molar-refractivity contribution >= 4 is 29.4 Å². The lowest BCUT2D eigenvalue weighted by Crippen LogP contribution is -2.33. The molecule has 7 nitrogen and oxygen atoms in total. The maximum atomic E-state index is 12.2. The molecule has 7 heteroatoms. The Balaban J connectivity index is 1.50. The SMILES string of the molecule is O=C(CC1C(=O)Nc2ccccc21)ON1C(=O)c2ccccc2C1=O. The van der Waals surface area contributed by atoms with Crippen molar-refractivity contribution < 1.29 is 24.0 Å². The Labute approximate surface area is 142 Å². The van der Waals surface area contributed by atoms with Gasteiger partial charge >= 0.3 is 5.97 Å². The number of hydrogen-bond donors (Lipinski definition) is 1. The molecule has 0 spiro atoms. The van der Waals surface area contributed by atoms with Gasteiger partial charge in [-0.3, -0.25) is 14.4 Å². The molecule has 2 aromatic rings. The van der Waals surface area contributed by atoms with E-state index in [2.05, 4.69) is 5.32 Å². The van der Waals surface area contributed by atoms with Gasteiger partial charge in [0.15, 0.2) is 0 Å². The Kier molecular flexibility index (Phi) is 3.35. The van der Waals surface area contributed by atoms with E-state index in [0.717, 1.165) is 0 Å². The molecule has 2 aromatic carbocycles. The zero-order chi connectivity index (χ0) is 17.6. The Bertz CT molecular complexity index is 902. The van der Waals surface area contributed by atoms with Crippen molar-refractivity contribution in [3.63, 3.8) is 0 Å². The molecule has 3 amide bonds. The topological polar surface area (TPSA) is 92.8 Å². The first-order valence-electron chi connectivity index (χ1n) is 7.64. The second-order valence-corrected chi connectivity index (χ2v) is 5.75. The van der Waals surface area contributed by atoms with Crippen molar-refractivity contribution in [2.24, 2.45) is 0 Å². The van der Waals surface area contributed by atoms with E-state index in [4.69, 9.17) is 4.84 Å². The summed E-state index contributed by atoms with van der Waals surface area (Å²) >= 11 is 0. The Morgan fingerprint density at radius 2 is 1.56 bits per heavy atom. The molecule has 0 bridgehead atoms. The van der Waals surface area contributed by atoms with Gasteiger partial charge in [0.1, 0.15) is 0 Å². The molecule has 2 heterocycles. The first-order chi connectivity index (χ1) is 12.1. The fourth-order valence-electron chi connectivity index (χ4n) is 3.03. The molecule has 1 unspecified atom stereocenters. The van der Waals surface area contributed by atoms with Gasteiger partial charge in [0, 0.05) is 5.69 Å². The second kappa shape index (κ2) is 5.55. The number of rotatable bonds is 3. The zero-order valence-electron chi connectivity index (χ0n) is 12.9. The van der Waals surface area contributed by atoms with Crippen LogP contribution in [0.5, 0.6) is 0 Å². The molecule has 1 N–H and O–H groups in total. The summed E-state index contributed by atoms with van der Waals surface area (Å²) in [6, 6.07) is 13.2. The lowest BCUT2D eigenvalue weighted by Gasteiger charge is -2.14. The third-order valence-electron chi connectivity index (χ3n) is 4.23. The summed E-state index contributed by atoms with van der Waals surface area (Å²) in [7, 11) is 0. The molecule has 25 heavy (non-hydrogen) atoms. The van der Waals surface area contributed by atoms with E-state index in [1.165, 1.54) is 12.1 Å². The van der Waals surface area contributed by atoms with E-state index in [1.807, 2.05) is 0 Å². The van der Waals surface area contributed by atoms with Crippen LogP contribution >= 0.6 is 0 Å². The van der Waals surface area contributed by atoms with Crippen LogP contribution < -0.4 is 5.32 Å². The number of para-hydroxylation sites is 1. The zero-order valence-corrected chi connectivity index (χ0v) is 12.9. The second-order valence-electron chi connectivity index (χ2n) is 5.75. The standard InChI is InChI=1S/C18H12N2O5/c21-15(9-13-10-5-3-4-8-14(10)19-16(13)22)25-20-17(23)11-6-1-2-7-12(11)18(20)24/h1-8,13H,9H2,(H,19,22). The predicted molar refractivity (Wildman–Crippen MR) is 85.5 cm³/mol. The summed E-state index contributed by atoms with van der Waals surface area (Å²) in [6.07, 6.45) is -0.268. The monoisotopic (exact) mass is 336 g/mol. The van der Waals surface area contributed by atoms with Gasteiger partial charge in [-0.2, -0.15) is 0 Å². The lowest BCUT2D eigenvalue weighted by atomic mass is 9.97. The third-order valence-corrected chi connectivity index (χ3v) is 4.23. The van der Waals surface area contributed by atoms with E-state index in [1.54, 1.807) is 36.4 Å². The summed E-state index contributed by atoms with van der Waals surface area (Å²) in [6.45, 7) is 0. The number of benzene rings is 2. The van der Waals surface area contributed by atoms with E-state index in [0.29, 0.717) is 16.3 Å². The molecule has 2 aliphatic rings. The predicted octanol–water partition coefficient (Wildman–Crippen LogP) is 1.87. The summed E-state index contributed by atoms with van der Waals surface area (Å²) in [5.41, 5.74) is 1.70. The van der Waals surface area contributed by atoms with Crippen molar-refractivity contribution in [3.8, 4) is 0 Å². The largest absolute Gasteiger partial charge is 0.334 e. The molecule has 124 valence electrons. The highest BCUT2D eigenvalue weighted by Crippen LogP contribution is 2.34. The van der Waals surface area contributed by atoms with E-state index in [9.17, 15) is 19.2 Å². The van der Waals surface area contributed by atoms with Crippen LogP contribution in [0.25, 0.3) is 0 Å². The lowest BCUT2D eigenvalue weighted by molar-refractivity contribution is -0.169. The van der Waals surface area contributed by atoms with Crippen molar-refractivity contribution in [2.75, 3.05) is 5.32 Å². The normalized spacial score (nSPS) is 18.0. The number of imide groups is 1. The van der Waals surface area contributed by atoms with Gasteiger partial charge in [-0.25, -0.2) is 4.79 Å². The Morgan fingerprint density at radius 3 is 2.24 bits per heavy atom. The Hall–Kier alpha value is -3.48. The van der Waals surface area contributed by atoms with Crippen molar-refractivity contribution in [1.29, 1.82) is 0 Å². The molecule has 0 saturated carbocycles. The minimum absolute atomic E-state index is 0.184. The number of hydrogen-bond acceptors (Lipinski definition) is 5. The molecule has 1 atom stereocenters. The molecule has 4 rings (SSSR count). The highest BCUT2D eigenvalue weighted by molar-refractivity contribution is 6.21.